The Balaban J connectivity index is 2.00. The zero-order valence-electron chi connectivity index (χ0n) is 9.90. The Kier molecular flexibility index (Phi) is 4.39. The van der Waals surface area contributed by atoms with E-state index in [0.29, 0.717) is 10.7 Å². The highest BCUT2D eigenvalue weighted by molar-refractivity contribution is 9.09. The maximum Gasteiger partial charge on any atom is 0.0442 e. The number of pyridine rings is 1. The third-order valence-electron chi connectivity index (χ3n) is 3.73. The minimum Gasteiger partial charge on any atom is -0.261 e. The number of hydrogen-bond donors (Lipinski definition) is 0. The Morgan fingerprint density at radius 1 is 1.25 bits per heavy atom. The van der Waals surface area contributed by atoms with Crippen LogP contribution in [0.4, 0.5) is 0 Å². The quantitative estimate of drug-likeness (QED) is 0.742. The molecule has 2 heteroatoms. The Morgan fingerprint density at radius 3 is 2.62 bits per heavy atom. The molecule has 1 fully saturated rings. The Morgan fingerprint density at radius 2 is 2.00 bits per heavy atom. The van der Waals surface area contributed by atoms with Gasteiger partial charge in [0.1, 0.15) is 0 Å². The maximum atomic E-state index is 4.46. The summed E-state index contributed by atoms with van der Waals surface area (Å²) in [4.78, 5) is 5.05. The second-order valence-corrected chi connectivity index (χ2v) is 5.94. The standard InChI is InChI=1S/C14H20BrN/c1-11(13-9-5-6-10-16-13)14(15)12-7-3-2-4-8-12/h5-6,9-12,14H,2-4,7-8H2,1H3. The van der Waals surface area contributed by atoms with E-state index < -0.39 is 0 Å². The lowest BCUT2D eigenvalue weighted by Gasteiger charge is -2.30. The van der Waals surface area contributed by atoms with E-state index in [0.717, 1.165) is 5.92 Å². The maximum absolute atomic E-state index is 4.46. The summed E-state index contributed by atoms with van der Waals surface area (Å²) in [6.45, 7) is 2.29. The molecule has 0 amide bonds. The second kappa shape index (κ2) is 5.81. The number of halogens is 1. The van der Waals surface area contributed by atoms with Gasteiger partial charge in [-0.05, 0) is 30.9 Å². The van der Waals surface area contributed by atoms with Gasteiger partial charge in [0.2, 0.25) is 0 Å². The number of nitrogens with zero attached hydrogens (tertiary/aromatic N) is 1. The molecule has 0 aliphatic heterocycles. The van der Waals surface area contributed by atoms with Crippen molar-refractivity contribution in [2.75, 3.05) is 0 Å². The number of rotatable bonds is 3. The van der Waals surface area contributed by atoms with Crippen LogP contribution < -0.4 is 0 Å². The highest BCUT2D eigenvalue weighted by atomic mass is 79.9. The second-order valence-electron chi connectivity index (χ2n) is 4.89. The van der Waals surface area contributed by atoms with E-state index in [4.69, 9.17) is 0 Å². The van der Waals surface area contributed by atoms with E-state index in [9.17, 15) is 0 Å². The van der Waals surface area contributed by atoms with Crippen molar-refractivity contribution in [3.8, 4) is 0 Å². The van der Waals surface area contributed by atoms with Crippen molar-refractivity contribution < 1.29 is 0 Å². The first kappa shape index (κ1) is 12.1. The zero-order chi connectivity index (χ0) is 11.4. The van der Waals surface area contributed by atoms with Crippen LogP contribution in [0.5, 0.6) is 0 Å². The fraction of sp³-hybridized carbons (Fsp3) is 0.643. The molecule has 0 aromatic carbocycles. The highest BCUT2D eigenvalue weighted by Gasteiger charge is 2.27. The molecule has 0 spiro atoms. The van der Waals surface area contributed by atoms with Crippen LogP contribution in [-0.2, 0) is 0 Å². The fourth-order valence-corrected chi connectivity index (χ4v) is 3.47. The van der Waals surface area contributed by atoms with Crippen LogP contribution in [0.15, 0.2) is 24.4 Å². The van der Waals surface area contributed by atoms with Gasteiger partial charge in [0.15, 0.2) is 0 Å². The van der Waals surface area contributed by atoms with Gasteiger partial charge in [-0.2, -0.15) is 0 Å². The van der Waals surface area contributed by atoms with Gasteiger partial charge in [0, 0.05) is 22.6 Å². The largest absolute Gasteiger partial charge is 0.261 e. The van der Waals surface area contributed by atoms with Crippen molar-refractivity contribution in [3.63, 3.8) is 0 Å². The summed E-state index contributed by atoms with van der Waals surface area (Å²) in [6, 6.07) is 6.21. The summed E-state index contributed by atoms with van der Waals surface area (Å²) in [5.41, 5.74) is 1.22. The summed E-state index contributed by atoms with van der Waals surface area (Å²) >= 11 is 3.90. The van der Waals surface area contributed by atoms with Gasteiger partial charge in [0.05, 0.1) is 0 Å². The molecule has 1 heterocycles. The van der Waals surface area contributed by atoms with E-state index in [1.165, 1.54) is 37.8 Å². The fourth-order valence-electron chi connectivity index (χ4n) is 2.67. The normalized spacial score (nSPS) is 21.6. The molecule has 88 valence electrons. The van der Waals surface area contributed by atoms with Gasteiger partial charge < -0.3 is 0 Å². The molecule has 1 aromatic heterocycles. The minimum absolute atomic E-state index is 0.518. The summed E-state index contributed by atoms with van der Waals surface area (Å²) in [6.07, 6.45) is 8.89. The minimum atomic E-state index is 0.518. The lowest BCUT2D eigenvalue weighted by molar-refractivity contribution is 0.334. The summed E-state index contributed by atoms with van der Waals surface area (Å²) in [5.74, 6) is 1.36. The molecular formula is C14H20BrN. The lowest BCUT2D eigenvalue weighted by Crippen LogP contribution is -2.23. The van der Waals surface area contributed by atoms with E-state index in [1.54, 1.807) is 0 Å². The topological polar surface area (TPSA) is 12.9 Å². The van der Waals surface area contributed by atoms with Crippen LogP contribution in [0.25, 0.3) is 0 Å². The Bertz CT molecular complexity index is 306. The van der Waals surface area contributed by atoms with Crippen molar-refractivity contribution in [2.45, 2.75) is 49.8 Å². The Labute approximate surface area is 107 Å². The predicted molar refractivity (Wildman–Crippen MR) is 71.9 cm³/mol. The molecule has 1 aromatic rings. The first-order valence-corrected chi connectivity index (χ1v) is 7.25. The first-order chi connectivity index (χ1) is 7.79. The van der Waals surface area contributed by atoms with Gasteiger partial charge in [-0.3, -0.25) is 4.98 Å². The van der Waals surface area contributed by atoms with Crippen molar-refractivity contribution in [2.24, 2.45) is 5.92 Å². The summed E-state index contributed by atoms with van der Waals surface area (Å²) in [7, 11) is 0. The SMILES string of the molecule is CC(c1ccccn1)C(Br)C1CCCCC1. The van der Waals surface area contributed by atoms with Gasteiger partial charge in [0.25, 0.3) is 0 Å². The molecule has 0 N–H and O–H groups in total. The molecule has 0 bridgehead atoms. The third-order valence-corrected chi connectivity index (χ3v) is 5.27. The van der Waals surface area contributed by atoms with Crippen molar-refractivity contribution in [1.29, 1.82) is 0 Å². The van der Waals surface area contributed by atoms with Crippen LogP contribution >= 0.6 is 15.9 Å². The Hall–Kier alpha value is -0.370. The van der Waals surface area contributed by atoms with Crippen LogP contribution in [0.3, 0.4) is 0 Å². The third kappa shape index (κ3) is 2.85. The number of hydrogen-bond acceptors (Lipinski definition) is 1. The molecule has 2 atom stereocenters. The molecule has 2 unspecified atom stereocenters. The van der Waals surface area contributed by atoms with Crippen molar-refractivity contribution in [3.05, 3.63) is 30.1 Å². The monoisotopic (exact) mass is 281 g/mol. The van der Waals surface area contributed by atoms with Crippen molar-refractivity contribution >= 4 is 15.9 Å². The highest BCUT2D eigenvalue weighted by Crippen LogP contribution is 2.37. The van der Waals surface area contributed by atoms with Gasteiger partial charge in [-0.25, -0.2) is 0 Å². The van der Waals surface area contributed by atoms with Crippen LogP contribution in [0, 0.1) is 5.92 Å². The molecular weight excluding hydrogens is 262 g/mol. The smallest absolute Gasteiger partial charge is 0.0442 e. The van der Waals surface area contributed by atoms with E-state index in [1.807, 2.05) is 12.3 Å². The van der Waals surface area contributed by atoms with Crippen LogP contribution in [0.2, 0.25) is 0 Å². The molecule has 1 nitrogen and oxygen atoms in total. The van der Waals surface area contributed by atoms with E-state index >= 15 is 0 Å². The zero-order valence-corrected chi connectivity index (χ0v) is 11.5. The first-order valence-electron chi connectivity index (χ1n) is 6.34. The van der Waals surface area contributed by atoms with Crippen LogP contribution in [0.1, 0.15) is 50.6 Å². The molecule has 0 radical (unpaired) electrons. The summed E-state index contributed by atoms with van der Waals surface area (Å²) < 4.78 is 0. The summed E-state index contributed by atoms with van der Waals surface area (Å²) in [5, 5.41) is 0. The molecule has 1 aliphatic carbocycles. The predicted octanol–water partition coefficient (Wildman–Crippen LogP) is 4.53. The number of alkyl halides is 1. The molecule has 2 rings (SSSR count). The molecule has 1 aliphatic rings. The van der Waals surface area contributed by atoms with E-state index in [-0.39, 0.29) is 0 Å². The van der Waals surface area contributed by atoms with E-state index in [2.05, 4.69) is 40.0 Å². The van der Waals surface area contributed by atoms with Crippen molar-refractivity contribution in [1.82, 2.24) is 4.98 Å². The average Bonchev–Trinajstić information content (AvgIpc) is 2.39. The van der Waals surface area contributed by atoms with Crippen LogP contribution in [-0.4, -0.2) is 9.81 Å². The number of aromatic nitrogens is 1. The average molecular weight is 282 g/mol. The lowest BCUT2D eigenvalue weighted by atomic mass is 9.82. The molecule has 0 saturated heterocycles. The molecule has 16 heavy (non-hydrogen) atoms. The van der Waals surface area contributed by atoms with Gasteiger partial charge >= 0.3 is 0 Å². The van der Waals surface area contributed by atoms with Gasteiger partial charge in [-0.1, -0.05) is 48.2 Å². The molecule has 1 saturated carbocycles. The van der Waals surface area contributed by atoms with Gasteiger partial charge in [-0.15, -0.1) is 0 Å².